The van der Waals surface area contributed by atoms with Crippen LogP contribution in [-0.2, 0) is 6.42 Å². The molecule has 0 aliphatic rings. The van der Waals surface area contributed by atoms with Gasteiger partial charge in [-0.25, -0.2) is 0 Å². The number of methoxy groups -OCH3 is 1. The van der Waals surface area contributed by atoms with E-state index < -0.39 is 0 Å². The van der Waals surface area contributed by atoms with Crippen molar-refractivity contribution in [1.82, 2.24) is 0 Å². The molecule has 0 aromatic heterocycles. The number of hydrogen-bond donors (Lipinski definition) is 1. The van der Waals surface area contributed by atoms with Crippen LogP contribution in [0.4, 0.5) is 0 Å². The van der Waals surface area contributed by atoms with E-state index in [-0.39, 0.29) is 5.75 Å². The van der Waals surface area contributed by atoms with E-state index in [4.69, 9.17) is 4.74 Å². The van der Waals surface area contributed by atoms with Crippen LogP contribution in [-0.4, -0.2) is 44.4 Å². The number of phenolic OH excluding ortho intramolecular Hbond substituents is 1. The quantitative estimate of drug-likeness (QED) is 0.766. The standard InChI is InChI=1S/C12H19NO2/c1-13(2,3)8-7-10-5-6-12(15-4)11(14)9-10/h5-6,9H,7-8H2,1-4H3/p+1. The summed E-state index contributed by atoms with van der Waals surface area (Å²) in [6.07, 6.45) is 0.959. The Morgan fingerprint density at radius 2 is 1.93 bits per heavy atom. The Kier molecular flexibility index (Phi) is 3.58. The molecule has 1 aromatic carbocycles. The smallest absolute Gasteiger partial charge is 0.160 e. The highest BCUT2D eigenvalue weighted by atomic mass is 16.5. The van der Waals surface area contributed by atoms with Crippen LogP contribution in [0.5, 0.6) is 11.5 Å². The van der Waals surface area contributed by atoms with Crippen LogP contribution in [0, 0.1) is 0 Å². The first-order chi connectivity index (χ1) is 6.92. The largest absolute Gasteiger partial charge is 0.504 e. The van der Waals surface area contributed by atoms with E-state index in [1.165, 1.54) is 0 Å². The first kappa shape index (κ1) is 11.9. The Bertz CT molecular complexity index is 329. The molecule has 0 saturated heterocycles. The number of phenols is 1. The molecule has 1 aromatic rings. The second kappa shape index (κ2) is 4.53. The number of nitrogens with zero attached hydrogens (tertiary/aromatic N) is 1. The number of rotatable bonds is 4. The van der Waals surface area contributed by atoms with Gasteiger partial charge in [0.1, 0.15) is 0 Å². The van der Waals surface area contributed by atoms with Gasteiger partial charge < -0.3 is 14.3 Å². The summed E-state index contributed by atoms with van der Waals surface area (Å²) >= 11 is 0. The highest BCUT2D eigenvalue weighted by Gasteiger charge is 2.08. The van der Waals surface area contributed by atoms with Gasteiger partial charge in [-0.15, -0.1) is 0 Å². The molecular weight excluding hydrogens is 190 g/mol. The lowest BCUT2D eigenvalue weighted by Crippen LogP contribution is -2.36. The molecule has 0 unspecified atom stereocenters. The lowest BCUT2D eigenvalue weighted by molar-refractivity contribution is -0.870. The molecule has 0 fully saturated rings. The molecule has 0 atom stereocenters. The third kappa shape index (κ3) is 3.80. The van der Waals surface area contributed by atoms with Gasteiger partial charge >= 0.3 is 0 Å². The molecule has 0 spiro atoms. The van der Waals surface area contributed by atoms with Crippen LogP contribution >= 0.6 is 0 Å². The minimum Gasteiger partial charge on any atom is -0.504 e. The van der Waals surface area contributed by atoms with Gasteiger partial charge in [-0.3, -0.25) is 0 Å². The van der Waals surface area contributed by atoms with Gasteiger partial charge in [-0.1, -0.05) is 6.07 Å². The van der Waals surface area contributed by atoms with E-state index in [9.17, 15) is 5.11 Å². The third-order valence-electron chi connectivity index (χ3n) is 2.31. The normalized spacial score (nSPS) is 11.5. The van der Waals surface area contributed by atoms with Crippen molar-refractivity contribution in [2.45, 2.75) is 6.42 Å². The van der Waals surface area contributed by atoms with Crippen molar-refractivity contribution in [2.75, 3.05) is 34.8 Å². The average Bonchev–Trinajstić information content (AvgIpc) is 2.14. The van der Waals surface area contributed by atoms with Gasteiger partial charge in [0.15, 0.2) is 11.5 Å². The van der Waals surface area contributed by atoms with E-state index >= 15 is 0 Å². The molecule has 1 N–H and O–H groups in total. The zero-order chi connectivity index (χ0) is 11.5. The molecule has 84 valence electrons. The van der Waals surface area contributed by atoms with E-state index in [0.29, 0.717) is 5.75 Å². The molecule has 0 aliphatic carbocycles. The number of hydrogen-bond acceptors (Lipinski definition) is 2. The number of quaternary nitrogens is 1. The van der Waals surface area contributed by atoms with Crippen LogP contribution in [0.2, 0.25) is 0 Å². The maximum absolute atomic E-state index is 9.59. The van der Waals surface area contributed by atoms with Crippen LogP contribution in [0.25, 0.3) is 0 Å². The Hall–Kier alpha value is -1.22. The lowest BCUT2D eigenvalue weighted by atomic mass is 10.1. The fourth-order valence-corrected chi connectivity index (χ4v) is 1.36. The molecule has 0 amide bonds. The summed E-state index contributed by atoms with van der Waals surface area (Å²) in [5.74, 6) is 0.750. The zero-order valence-corrected chi connectivity index (χ0v) is 9.95. The number of aromatic hydroxyl groups is 1. The second-order valence-corrected chi connectivity index (χ2v) is 4.77. The molecule has 3 nitrogen and oxygen atoms in total. The Balaban J connectivity index is 2.68. The Morgan fingerprint density at radius 3 is 2.40 bits per heavy atom. The average molecular weight is 210 g/mol. The molecular formula is C12H20NO2+. The van der Waals surface area contributed by atoms with Crippen LogP contribution in [0.3, 0.4) is 0 Å². The fourth-order valence-electron chi connectivity index (χ4n) is 1.36. The summed E-state index contributed by atoms with van der Waals surface area (Å²) in [6, 6.07) is 5.57. The summed E-state index contributed by atoms with van der Waals surface area (Å²) in [5.41, 5.74) is 1.14. The van der Waals surface area contributed by atoms with Gasteiger partial charge in [0.2, 0.25) is 0 Å². The SMILES string of the molecule is COc1ccc(CC[N+](C)(C)C)cc1O. The highest BCUT2D eigenvalue weighted by Crippen LogP contribution is 2.26. The topological polar surface area (TPSA) is 29.5 Å². The van der Waals surface area contributed by atoms with Crippen molar-refractivity contribution < 1.29 is 14.3 Å². The van der Waals surface area contributed by atoms with Crippen LogP contribution < -0.4 is 4.74 Å². The summed E-state index contributed by atoms with van der Waals surface area (Å²) in [6.45, 7) is 1.05. The molecule has 1 rings (SSSR count). The minimum atomic E-state index is 0.219. The number of likely N-dealkylation sites (N-methyl/N-ethyl adjacent to an activating group) is 1. The molecule has 3 heteroatoms. The van der Waals surface area contributed by atoms with Gasteiger partial charge in [0, 0.05) is 6.42 Å². The zero-order valence-electron chi connectivity index (χ0n) is 9.95. The van der Waals surface area contributed by atoms with E-state index in [1.54, 1.807) is 19.2 Å². The van der Waals surface area contributed by atoms with Gasteiger partial charge in [0.25, 0.3) is 0 Å². The van der Waals surface area contributed by atoms with E-state index in [1.807, 2.05) is 6.07 Å². The lowest BCUT2D eigenvalue weighted by Gasteiger charge is -2.23. The summed E-state index contributed by atoms with van der Waals surface area (Å²) in [5, 5.41) is 9.59. The van der Waals surface area contributed by atoms with Crippen molar-refractivity contribution in [3.05, 3.63) is 23.8 Å². The monoisotopic (exact) mass is 210 g/mol. The second-order valence-electron chi connectivity index (χ2n) is 4.77. The summed E-state index contributed by atoms with van der Waals surface area (Å²) in [7, 11) is 8.02. The van der Waals surface area contributed by atoms with Crippen molar-refractivity contribution in [1.29, 1.82) is 0 Å². The molecule has 0 bridgehead atoms. The Morgan fingerprint density at radius 1 is 1.27 bits per heavy atom. The van der Waals surface area contributed by atoms with Crippen molar-refractivity contribution in [3.63, 3.8) is 0 Å². The predicted molar refractivity (Wildman–Crippen MR) is 61.3 cm³/mol. The van der Waals surface area contributed by atoms with Crippen LogP contribution in [0.15, 0.2) is 18.2 Å². The molecule has 0 radical (unpaired) electrons. The summed E-state index contributed by atoms with van der Waals surface area (Å²) < 4.78 is 5.91. The highest BCUT2D eigenvalue weighted by molar-refractivity contribution is 5.41. The van der Waals surface area contributed by atoms with Gasteiger partial charge in [-0.2, -0.15) is 0 Å². The van der Waals surface area contributed by atoms with Gasteiger partial charge in [0.05, 0.1) is 34.8 Å². The molecule has 15 heavy (non-hydrogen) atoms. The number of ether oxygens (including phenoxy) is 1. The maximum Gasteiger partial charge on any atom is 0.160 e. The first-order valence-electron chi connectivity index (χ1n) is 5.09. The molecule has 0 saturated carbocycles. The summed E-state index contributed by atoms with van der Waals surface area (Å²) in [4.78, 5) is 0. The van der Waals surface area contributed by atoms with Crippen molar-refractivity contribution >= 4 is 0 Å². The molecule has 0 aliphatic heterocycles. The van der Waals surface area contributed by atoms with Crippen molar-refractivity contribution in [2.24, 2.45) is 0 Å². The fraction of sp³-hybridized carbons (Fsp3) is 0.500. The van der Waals surface area contributed by atoms with E-state index in [2.05, 4.69) is 21.1 Å². The first-order valence-corrected chi connectivity index (χ1v) is 5.09. The van der Waals surface area contributed by atoms with Crippen molar-refractivity contribution in [3.8, 4) is 11.5 Å². The third-order valence-corrected chi connectivity index (χ3v) is 2.31. The van der Waals surface area contributed by atoms with E-state index in [0.717, 1.165) is 23.0 Å². The van der Waals surface area contributed by atoms with Crippen LogP contribution in [0.1, 0.15) is 5.56 Å². The minimum absolute atomic E-state index is 0.219. The molecule has 0 heterocycles. The Labute approximate surface area is 91.5 Å². The predicted octanol–water partition coefficient (Wildman–Crippen LogP) is 1.65. The number of benzene rings is 1. The van der Waals surface area contributed by atoms with Gasteiger partial charge in [-0.05, 0) is 17.7 Å². The maximum atomic E-state index is 9.59.